The number of aryl methyl sites for hydroxylation is 1. The van der Waals surface area contributed by atoms with Crippen LogP contribution in [0.2, 0.25) is 5.02 Å². The van der Waals surface area contributed by atoms with Crippen LogP contribution in [-0.4, -0.2) is 19.2 Å². The van der Waals surface area contributed by atoms with Gasteiger partial charge in [-0.2, -0.15) is 0 Å². The van der Waals surface area contributed by atoms with Crippen LogP contribution >= 0.6 is 11.6 Å². The van der Waals surface area contributed by atoms with Crippen molar-refractivity contribution in [3.8, 4) is 11.5 Å². The Labute approximate surface area is 110 Å². The molecular formula is C12H14ClN3O2. The lowest BCUT2D eigenvalue weighted by molar-refractivity contribution is 0.410. The average molecular weight is 268 g/mol. The fraction of sp³-hybridized carbons (Fsp3) is 0.250. The minimum absolute atomic E-state index is 0.448. The number of aromatic nitrogens is 1. The maximum Gasteiger partial charge on any atom is 0.149 e. The first-order valence-electron chi connectivity index (χ1n) is 5.30. The third-order valence-electron chi connectivity index (χ3n) is 2.66. The molecule has 96 valence electrons. The Morgan fingerprint density at radius 3 is 2.56 bits per heavy atom. The lowest BCUT2D eigenvalue weighted by atomic mass is 10.1. The van der Waals surface area contributed by atoms with Gasteiger partial charge in [0.25, 0.3) is 0 Å². The zero-order valence-electron chi connectivity index (χ0n) is 10.4. The van der Waals surface area contributed by atoms with Gasteiger partial charge in [0.1, 0.15) is 17.0 Å². The van der Waals surface area contributed by atoms with Crippen LogP contribution in [0.1, 0.15) is 5.69 Å². The highest BCUT2D eigenvalue weighted by atomic mass is 35.5. The molecule has 1 heterocycles. The van der Waals surface area contributed by atoms with Gasteiger partial charge in [-0.15, -0.1) is 0 Å². The minimum Gasteiger partial charge on any atom is -0.494 e. The molecule has 1 aromatic carbocycles. The Morgan fingerprint density at radius 1 is 1.28 bits per heavy atom. The number of nitrogen functional groups attached to an aromatic ring is 1. The quantitative estimate of drug-likeness (QED) is 0.660. The Morgan fingerprint density at radius 2 is 2.00 bits per heavy atom. The Kier molecular flexibility index (Phi) is 3.45. The van der Waals surface area contributed by atoms with Gasteiger partial charge in [-0.05, 0) is 13.0 Å². The SMILES string of the molecule is COc1cc(Cl)c(OC)c2c(NN)cc(C)nc12. The summed E-state index contributed by atoms with van der Waals surface area (Å²) in [7, 11) is 3.12. The molecule has 18 heavy (non-hydrogen) atoms. The second-order valence-electron chi connectivity index (χ2n) is 3.77. The van der Waals surface area contributed by atoms with Crippen molar-refractivity contribution in [1.29, 1.82) is 0 Å². The molecule has 2 aromatic rings. The zero-order valence-corrected chi connectivity index (χ0v) is 11.1. The van der Waals surface area contributed by atoms with Crippen LogP contribution in [0.4, 0.5) is 5.69 Å². The second-order valence-corrected chi connectivity index (χ2v) is 4.18. The van der Waals surface area contributed by atoms with E-state index in [-0.39, 0.29) is 0 Å². The lowest BCUT2D eigenvalue weighted by Crippen LogP contribution is -2.09. The highest BCUT2D eigenvalue weighted by Gasteiger charge is 2.17. The van der Waals surface area contributed by atoms with E-state index in [9.17, 15) is 0 Å². The van der Waals surface area contributed by atoms with E-state index in [2.05, 4.69) is 10.4 Å². The number of nitrogens with zero attached hydrogens (tertiary/aromatic N) is 1. The molecule has 0 fully saturated rings. The molecular weight excluding hydrogens is 254 g/mol. The van der Waals surface area contributed by atoms with E-state index in [1.54, 1.807) is 20.3 Å². The summed E-state index contributed by atoms with van der Waals surface area (Å²) in [6.07, 6.45) is 0. The van der Waals surface area contributed by atoms with E-state index < -0.39 is 0 Å². The minimum atomic E-state index is 0.448. The van der Waals surface area contributed by atoms with Crippen molar-refractivity contribution >= 4 is 28.2 Å². The summed E-state index contributed by atoms with van der Waals surface area (Å²) in [6.45, 7) is 1.88. The van der Waals surface area contributed by atoms with Gasteiger partial charge in [-0.1, -0.05) is 11.6 Å². The molecule has 0 spiro atoms. The average Bonchev–Trinajstić information content (AvgIpc) is 2.37. The van der Waals surface area contributed by atoms with Crippen LogP contribution in [0.15, 0.2) is 12.1 Å². The summed E-state index contributed by atoms with van der Waals surface area (Å²) in [4.78, 5) is 4.45. The lowest BCUT2D eigenvalue weighted by Gasteiger charge is -2.14. The number of methoxy groups -OCH3 is 2. The van der Waals surface area contributed by atoms with Crippen molar-refractivity contribution in [2.45, 2.75) is 6.92 Å². The Bertz CT molecular complexity index is 602. The summed E-state index contributed by atoms with van der Waals surface area (Å²) in [6, 6.07) is 3.50. The van der Waals surface area contributed by atoms with Crippen molar-refractivity contribution in [2.24, 2.45) is 5.84 Å². The summed E-state index contributed by atoms with van der Waals surface area (Å²) in [5, 5.41) is 1.15. The first kappa shape index (κ1) is 12.7. The normalized spacial score (nSPS) is 10.5. The van der Waals surface area contributed by atoms with E-state index in [0.717, 1.165) is 5.69 Å². The van der Waals surface area contributed by atoms with Crippen LogP contribution < -0.4 is 20.7 Å². The molecule has 0 atom stereocenters. The molecule has 3 N–H and O–H groups in total. The first-order chi connectivity index (χ1) is 8.62. The third kappa shape index (κ3) is 1.91. The van der Waals surface area contributed by atoms with Gasteiger partial charge in [-0.3, -0.25) is 5.84 Å². The number of anilines is 1. The number of benzene rings is 1. The predicted molar refractivity (Wildman–Crippen MR) is 72.4 cm³/mol. The molecule has 0 aliphatic heterocycles. The number of hydrazine groups is 1. The van der Waals surface area contributed by atoms with Crippen molar-refractivity contribution in [1.82, 2.24) is 4.98 Å². The molecule has 0 unspecified atom stereocenters. The van der Waals surface area contributed by atoms with E-state index in [1.165, 1.54) is 0 Å². The molecule has 0 saturated heterocycles. The van der Waals surface area contributed by atoms with Gasteiger partial charge in [0.2, 0.25) is 0 Å². The Hall–Kier alpha value is -1.72. The van der Waals surface area contributed by atoms with E-state index in [4.69, 9.17) is 26.9 Å². The van der Waals surface area contributed by atoms with Crippen molar-refractivity contribution < 1.29 is 9.47 Å². The maximum atomic E-state index is 6.15. The summed E-state index contributed by atoms with van der Waals surface area (Å²) >= 11 is 6.15. The van der Waals surface area contributed by atoms with Crippen molar-refractivity contribution in [3.05, 3.63) is 22.8 Å². The van der Waals surface area contributed by atoms with E-state index in [1.807, 2.05) is 13.0 Å². The zero-order chi connectivity index (χ0) is 13.3. The van der Waals surface area contributed by atoms with E-state index >= 15 is 0 Å². The van der Waals surface area contributed by atoms with Crippen molar-refractivity contribution in [2.75, 3.05) is 19.6 Å². The molecule has 2 rings (SSSR count). The van der Waals surface area contributed by atoms with Gasteiger partial charge < -0.3 is 14.9 Å². The van der Waals surface area contributed by atoms with Gasteiger partial charge >= 0.3 is 0 Å². The van der Waals surface area contributed by atoms with Crippen LogP contribution in [-0.2, 0) is 0 Å². The topological polar surface area (TPSA) is 69.4 Å². The third-order valence-corrected chi connectivity index (χ3v) is 2.94. The van der Waals surface area contributed by atoms with Gasteiger partial charge in [0.15, 0.2) is 0 Å². The van der Waals surface area contributed by atoms with Gasteiger partial charge in [-0.25, -0.2) is 4.98 Å². The number of hydrogen-bond donors (Lipinski definition) is 2. The molecule has 0 radical (unpaired) electrons. The number of halogens is 1. The summed E-state index contributed by atoms with van der Waals surface area (Å²) < 4.78 is 10.6. The fourth-order valence-electron chi connectivity index (χ4n) is 1.92. The number of pyridine rings is 1. The molecule has 0 aliphatic rings. The largest absolute Gasteiger partial charge is 0.494 e. The number of nitrogens with two attached hydrogens (primary N) is 1. The van der Waals surface area contributed by atoms with Gasteiger partial charge in [0, 0.05) is 11.8 Å². The number of ether oxygens (including phenoxy) is 2. The van der Waals surface area contributed by atoms with Crippen LogP contribution in [0.5, 0.6) is 11.5 Å². The maximum absolute atomic E-state index is 6.15. The fourth-order valence-corrected chi connectivity index (χ4v) is 2.19. The highest BCUT2D eigenvalue weighted by molar-refractivity contribution is 6.34. The number of hydrogen-bond acceptors (Lipinski definition) is 5. The number of rotatable bonds is 3. The van der Waals surface area contributed by atoms with E-state index in [0.29, 0.717) is 33.1 Å². The van der Waals surface area contributed by atoms with Crippen LogP contribution in [0, 0.1) is 6.92 Å². The summed E-state index contributed by atoms with van der Waals surface area (Å²) in [5.74, 6) is 6.63. The van der Waals surface area contributed by atoms with Crippen LogP contribution in [0.25, 0.3) is 10.9 Å². The molecule has 5 nitrogen and oxygen atoms in total. The summed E-state index contributed by atoms with van der Waals surface area (Å²) in [5.41, 5.74) is 4.80. The Balaban J connectivity index is 2.96. The van der Waals surface area contributed by atoms with Crippen LogP contribution in [0.3, 0.4) is 0 Å². The molecule has 0 amide bonds. The molecule has 1 aromatic heterocycles. The first-order valence-corrected chi connectivity index (χ1v) is 5.68. The highest BCUT2D eigenvalue weighted by Crippen LogP contribution is 2.42. The molecule has 0 saturated carbocycles. The molecule has 0 aliphatic carbocycles. The number of fused-ring (bicyclic) bond motifs is 1. The molecule has 0 bridgehead atoms. The number of nitrogens with one attached hydrogen (secondary N) is 1. The van der Waals surface area contributed by atoms with Crippen molar-refractivity contribution in [3.63, 3.8) is 0 Å². The smallest absolute Gasteiger partial charge is 0.149 e. The molecule has 6 heteroatoms. The standard InChI is InChI=1S/C12H14ClN3O2/c1-6-4-8(16-14)10-11(15-6)9(17-2)5-7(13)12(10)18-3/h4-5H,14H2,1-3H3,(H,15,16). The monoisotopic (exact) mass is 267 g/mol. The van der Waals surface area contributed by atoms with Gasteiger partial charge in [0.05, 0.1) is 30.3 Å². The predicted octanol–water partition coefficient (Wildman–Crippen LogP) is 2.50. The second kappa shape index (κ2) is 4.88.